The molecule has 1 saturated heterocycles. The minimum atomic E-state index is -0.969. The van der Waals surface area contributed by atoms with E-state index in [4.69, 9.17) is 0 Å². The van der Waals surface area contributed by atoms with Crippen molar-refractivity contribution in [2.45, 2.75) is 83.5 Å². The number of hydrogen-bond acceptors (Lipinski definition) is 9. The predicted molar refractivity (Wildman–Crippen MR) is 155 cm³/mol. The molecule has 0 aliphatic carbocycles. The van der Waals surface area contributed by atoms with Crippen molar-refractivity contribution in [3.63, 3.8) is 0 Å². The maximum absolute atomic E-state index is 12.3. The zero-order chi connectivity index (χ0) is 30.2. The molecule has 0 spiro atoms. The predicted octanol–water partition coefficient (Wildman–Crippen LogP) is 1.78. The van der Waals surface area contributed by atoms with Crippen LogP contribution in [0.3, 0.4) is 0 Å². The van der Waals surface area contributed by atoms with Gasteiger partial charge in [0.05, 0.1) is 0 Å². The van der Waals surface area contributed by atoms with Crippen LogP contribution in [0.1, 0.15) is 59.3 Å². The van der Waals surface area contributed by atoms with Crippen molar-refractivity contribution < 1.29 is 39.6 Å². The summed E-state index contributed by atoms with van der Waals surface area (Å²) in [6.45, 7) is 8.01. The fraction of sp³-hybridized carbons (Fsp3) is 0.852. The Morgan fingerprint density at radius 2 is 0.825 bits per heavy atom. The molecule has 1 rings (SSSR count). The van der Waals surface area contributed by atoms with E-state index < -0.39 is 48.0 Å². The number of carboxylic acids is 4. The van der Waals surface area contributed by atoms with Gasteiger partial charge in [0.2, 0.25) is 0 Å². The lowest BCUT2D eigenvalue weighted by Crippen LogP contribution is -2.56. The minimum Gasteiger partial charge on any atom is -0.480 e. The summed E-state index contributed by atoms with van der Waals surface area (Å²) in [4.78, 5) is 56.2. The van der Waals surface area contributed by atoms with Crippen LogP contribution in [0.2, 0.25) is 0 Å². The van der Waals surface area contributed by atoms with Crippen LogP contribution in [-0.4, -0.2) is 152 Å². The molecule has 1 heterocycles. The maximum Gasteiger partial charge on any atom is 0.320 e. The van der Waals surface area contributed by atoms with E-state index in [9.17, 15) is 39.6 Å². The van der Waals surface area contributed by atoms with E-state index in [1.165, 1.54) is 0 Å². The molecule has 1 fully saturated rings. The molecular weight excluding hydrogens is 540 g/mol. The summed E-state index contributed by atoms with van der Waals surface area (Å²) in [5.41, 5.74) is 0. The van der Waals surface area contributed by atoms with Crippen LogP contribution in [0.15, 0.2) is 0 Å². The fourth-order valence-corrected chi connectivity index (χ4v) is 5.93. The number of aliphatic carboxylic acids is 4. The van der Waals surface area contributed by atoms with Gasteiger partial charge in [0.25, 0.3) is 0 Å². The molecule has 0 aromatic heterocycles. The van der Waals surface area contributed by atoms with Gasteiger partial charge in [-0.3, -0.25) is 38.8 Å². The molecule has 0 radical (unpaired) electrons. The lowest BCUT2D eigenvalue weighted by Gasteiger charge is -2.39. The van der Waals surface area contributed by atoms with Gasteiger partial charge in [-0.25, -0.2) is 0 Å². The molecule has 0 aromatic rings. The second kappa shape index (κ2) is 19.2. The number of carbonyl (C=O) groups is 4. The topological polar surface area (TPSA) is 162 Å². The van der Waals surface area contributed by atoms with Gasteiger partial charge in [-0.2, -0.15) is 11.8 Å². The summed E-state index contributed by atoms with van der Waals surface area (Å²) in [5.74, 6) is -3.19. The molecule has 1 aliphatic rings. The van der Waals surface area contributed by atoms with Crippen molar-refractivity contribution in [3.05, 3.63) is 0 Å². The van der Waals surface area contributed by atoms with Gasteiger partial charge < -0.3 is 20.4 Å². The molecule has 1 aliphatic heterocycles. The third kappa shape index (κ3) is 11.5. The van der Waals surface area contributed by atoms with Crippen LogP contribution in [0.5, 0.6) is 0 Å². The van der Waals surface area contributed by atoms with Gasteiger partial charge in [-0.1, -0.05) is 33.6 Å². The first-order valence-corrected chi connectivity index (χ1v) is 15.8. The molecule has 4 unspecified atom stereocenters. The Balaban J connectivity index is 3.50. The Morgan fingerprint density at radius 1 is 0.550 bits per heavy atom. The van der Waals surface area contributed by atoms with E-state index in [2.05, 4.69) is 0 Å². The average molecular weight is 591 g/mol. The van der Waals surface area contributed by atoms with Gasteiger partial charge >= 0.3 is 23.9 Å². The molecular formula is C27H50N4O8S. The lowest BCUT2D eigenvalue weighted by molar-refractivity contribution is -0.148. The van der Waals surface area contributed by atoms with E-state index in [-0.39, 0.29) is 0 Å². The number of hydrogen-bond donors (Lipinski definition) is 4. The standard InChI is InChI=1S/C27H50N4O8S/c1-5-8-21(25(34)35)29-13-11-28(20(7-3)24(32)33)12-14-31(23(27(38)39)10-19-40-4)18-17-30(16-15-29)22(9-6-2)26(36)37/h20-23H,5-19H2,1-4H3,(H,32,33)(H,34,35)(H,36,37)(H,38,39). The van der Waals surface area contributed by atoms with Crippen LogP contribution < -0.4 is 0 Å². The normalized spacial score (nSPS) is 20.5. The van der Waals surface area contributed by atoms with E-state index in [1.807, 2.05) is 39.7 Å². The highest BCUT2D eigenvalue weighted by Gasteiger charge is 2.33. The summed E-state index contributed by atoms with van der Waals surface area (Å²) >= 11 is 1.55. The first-order valence-electron chi connectivity index (χ1n) is 14.4. The van der Waals surface area contributed by atoms with E-state index in [0.717, 1.165) is 0 Å². The highest BCUT2D eigenvalue weighted by molar-refractivity contribution is 7.98. The molecule has 13 heteroatoms. The smallest absolute Gasteiger partial charge is 0.320 e. The van der Waals surface area contributed by atoms with Gasteiger partial charge in [-0.15, -0.1) is 0 Å². The zero-order valence-electron chi connectivity index (χ0n) is 24.5. The summed E-state index contributed by atoms with van der Waals surface area (Å²) in [5, 5.41) is 40.0. The Kier molecular flexibility index (Phi) is 17.4. The Bertz CT molecular complexity index is 804. The number of thioether (sulfide) groups is 1. The molecule has 0 amide bonds. The summed E-state index contributed by atoms with van der Waals surface area (Å²) in [6.07, 6.45) is 4.83. The van der Waals surface area contributed by atoms with Crippen molar-refractivity contribution in [1.29, 1.82) is 0 Å². The second-order valence-corrected chi connectivity index (χ2v) is 11.3. The van der Waals surface area contributed by atoms with Crippen LogP contribution in [0.4, 0.5) is 0 Å². The highest BCUT2D eigenvalue weighted by Crippen LogP contribution is 2.17. The largest absolute Gasteiger partial charge is 0.480 e. The Morgan fingerprint density at radius 3 is 1.05 bits per heavy atom. The molecule has 12 nitrogen and oxygen atoms in total. The molecule has 4 N–H and O–H groups in total. The number of nitrogens with zero attached hydrogens (tertiary/aromatic N) is 4. The summed E-state index contributed by atoms with van der Waals surface area (Å²) < 4.78 is 0. The quantitative estimate of drug-likeness (QED) is 0.206. The average Bonchev–Trinajstić information content (AvgIpc) is 2.88. The SMILES string of the molecule is CCCC(C(=O)O)N1CCN(C(CC)C(=O)O)CCN(C(CCSC)C(=O)O)CCN(C(CCC)C(=O)O)CC1. The highest BCUT2D eigenvalue weighted by atomic mass is 32.2. The monoisotopic (exact) mass is 590 g/mol. The maximum atomic E-state index is 12.3. The molecule has 0 aromatic carbocycles. The third-order valence-electron chi connectivity index (χ3n) is 7.71. The van der Waals surface area contributed by atoms with Gasteiger partial charge in [0.1, 0.15) is 24.2 Å². The van der Waals surface area contributed by atoms with Gasteiger partial charge in [0.15, 0.2) is 0 Å². The van der Waals surface area contributed by atoms with Crippen LogP contribution >= 0.6 is 11.8 Å². The molecule has 4 atom stereocenters. The Hall–Kier alpha value is -1.93. The van der Waals surface area contributed by atoms with Crippen LogP contribution in [0, 0.1) is 0 Å². The summed E-state index contributed by atoms with van der Waals surface area (Å²) in [7, 11) is 0. The first kappa shape index (κ1) is 36.1. The van der Waals surface area contributed by atoms with Crippen LogP contribution in [0.25, 0.3) is 0 Å². The Labute approximate surface area is 242 Å². The lowest BCUT2D eigenvalue weighted by atomic mass is 10.1. The first-order chi connectivity index (χ1) is 19.0. The van der Waals surface area contributed by atoms with Gasteiger partial charge in [-0.05, 0) is 37.7 Å². The van der Waals surface area contributed by atoms with Crippen LogP contribution in [-0.2, 0) is 19.2 Å². The summed E-state index contributed by atoms with van der Waals surface area (Å²) in [6, 6.07) is -3.10. The van der Waals surface area contributed by atoms with E-state index in [0.29, 0.717) is 96.6 Å². The molecule has 232 valence electrons. The van der Waals surface area contributed by atoms with Gasteiger partial charge in [0, 0.05) is 52.4 Å². The van der Waals surface area contributed by atoms with E-state index >= 15 is 0 Å². The van der Waals surface area contributed by atoms with Crippen molar-refractivity contribution in [2.24, 2.45) is 0 Å². The molecule has 40 heavy (non-hydrogen) atoms. The van der Waals surface area contributed by atoms with Crippen molar-refractivity contribution in [1.82, 2.24) is 19.6 Å². The minimum absolute atomic E-state index is 0.296. The van der Waals surface area contributed by atoms with Crippen molar-refractivity contribution in [2.75, 3.05) is 64.4 Å². The molecule has 0 bridgehead atoms. The molecule has 0 saturated carbocycles. The van der Waals surface area contributed by atoms with E-state index in [1.54, 1.807) is 18.7 Å². The van der Waals surface area contributed by atoms with Crippen molar-refractivity contribution in [3.8, 4) is 0 Å². The van der Waals surface area contributed by atoms with Crippen molar-refractivity contribution >= 4 is 35.6 Å². The number of rotatable bonds is 16. The second-order valence-electron chi connectivity index (χ2n) is 10.3. The third-order valence-corrected chi connectivity index (χ3v) is 8.35. The zero-order valence-corrected chi connectivity index (χ0v) is 25.4. The fourth-order valence-electron chi connectivity index (χ4n) is 5.47. The number of carboxylic acid groups (broad SMARTS) is 4.